The molecule has 148 valence electrons. The molecular weight excluding hydrogens is 407 g/mol. The molecule has 0 bridgehead atoms. The van der Waals surface area contributed by atoms with Crippen LogP contribution in [-0.4, -0.2) is 28.5 Å². The molecule has 0 heterocycles. The Morgan fingerprint density at radius 2 is 1.59 bits per heavy atom. The molecule has 0 unspecified atom stereocenters. The van der Waals surface area contributed by atoms with E-state index in [0.29, 0.717) is 6.07 Å². The minimum atomic E-state index is -5.13. The Hall–Kier alpha value is -1.95. The highest BCUT2D eigenvalue weighted by molar-refractivity contribution is 7.91. The summed E-state index contributed by atoms with van der Waals surface area (Å²) in [6.07, 6.45) is -5.13. The van der Waals surface area contributed by atoms with Crippen LogP contribution in [0.4, 0.5) is 13.2 Å². The van der Waals surface area contributed by atoms with E-state index < -0.39 is 59.5 Å². The van der Waals surface area contributed by atoms with Crippen LogP contribution in [0.15, 0.2) is 57.2 Å². The lowest BCUT2D eigenvalue weighted by molar-refractivity contribution is -0.140. The van der Waals surface area contributed by atoms with Gasteiger partial charge in [0.2, 0.25) is 19.9 Å². The molecule has 3 N–H and O–H groups in total. The Kier molecular flexibility index (Phi) is 5.71. The minimum absolute atomic E-state index is 0.229. The molecule has 0 spiro atoms. The maximum absolute atomic E-state index is 13.5. The van der Waals surface area contributed by atoms with Crippen molar-refractivity contribution in [1.82, 2.24) is 0 Å². The van der Waals surface area contributed by atoms with E-state index in [-0.39, 0.29) is 4.90 Å². The first kappa shape index (κ1) is 21.4. The van der Waals surface area contributed by atoms with E-state index in [0.717, 1.165) is 6.07 Å². The molecule has 1 atom stereocenters. The molecule has 0 amide bonds. The zero-order valence-electron chi connectivity index (χ0n) is 13.9. The van der Waals surface area contributed by atoms with Gasteiger partial charge in [-0.1, -0.05) is 25.1 Å². The third kappa shape index (κ3) is 4.32. The molecule has 2 aromatic rings. The normalized spacial score (nSPS) is 14.1. The number of nitrogens with two attached hydrogens (primary N) is 1. The second kappa shape index (κ2) is 7.23. The number of aliphatic hydroxyl groups excluding tert-OH is 1. The van der Waals surface area contributed by atoms with E-state index in [4.69, 9.17) is 5.14 Å². The van der Waals surface area contributed by atoms with Gasteiger partial charge in [-0.25, -0.2) is 22.0 Å². The third-order valence-corrected chi connectivity index (χ3v) is 6.55. The number of primary sulfonamides is 1. The van der Waals surface area contributed by atoms with Gasteiger partial charge in [-0.2, -0.15) is 13.2 Å². The van der Waals surface area contributed by atoms with Crippen molar-refractivity contribution in [2.45, 2.75) is 33.7 Å². The quantitative estimate of drug-likeness (QED) is 0.766. The van der Waals surface area contributed by atoms with Crippen LogP contribution >= 0.6 is 0 Å². The van der Waals surface area contributed by atoms with Gasteiger partial charge in [-0.3, -0.25) is 0 Å². The van der Waals surface area contributed by atoms with E-state index >= 15 is 0 Å². The van der Waals surface area contributed by atoms with Crippen molar-refractivity contribution in [2.24, 2.45) is 5.14 Å². The van der Waals surface area contributed by atoms with Crippen LogP contribution < -0.4 is 5.14 Å². The number of sulfone groups is 1. The van der Waals surface area contributed by atoms with Crippen molar-refractivity contribution in [3.63, 3.8) is 0 Å². The summed E-state index contributed by atoms with van der Waals surface area (Å²) in [7, 11) is -9.23. The van der Waals surface area contributed by atoms with E-state index in [1.54, 1.807) is 6.07 Å². The lowest BCUT2D eigenvalue weighted by Crippen LogP contribution is -2.23. The summed E-state index contributed by atoms with van der Waals surface area (Å²) in [6.45, 7) is 0.443. The molecule has 11 heteroatoms. The summed E-state index contributed by atoms with van der Waals surface area (Å²) >= 11 is 0. The van der Waals surface area contributed by atoms with Crippen LogP contribution in [0.3, 0.4) is 0 Å². The highest BCUT2D eigenvalue weighted by Crippen LogP contribution is 2.41. The van der Waals surface area contributed by atoms with Crippen LogP contribution in [0, 0.1) is 0 Å². The second-order valence-corrected chi connectivity index (χ2v) is 9.31. The summed E-state index contributed by atoms with van der Waals surface area (Å²) in [5.74, 6) is -1.19. The number of rotatable bonds is 5. The molecule has 6 nitrogen and oxygen atoms in total. The summed E-state index contributed by atoms with van der Waals surface area (Å²) in [5.41, 5.74) is -2.26. The summed E-state index contributed by atoms with van der Waals surface area (Å²) in [4.78, 5) is -2.25. The Labute approximate surface area is 154 Å². The average Bonchev–Trinajstić information content (AvgIpc) is 2.59. The fraction of sp³-hybridized carbons (Fsp3) is 0.250. The molecule has 0 aliphatic carbocycles. The SMILES string of the molecule is C[C@H](CO)c1cc(S(=O)(=O)c2ccccc2)cc(S(N)(=O)=O)c1C(F)(F)F. The van der Waals surface area contributed by atoms with Gasteiger partial charge in [0.25, 0.3) is 0 Å². The molecule has 27 heavy (non-hydrogen) atoms. The molecule has 0 aliphatic heterocycles. The van der Waals surface area contributed by atoms with E-state index in [1.807, 2.05) is 0 Å². The molecule has 2 aromatic carbocycles. The first-order valence-corrected chi connectivity index (χ1v) is 10.5. The van der Waals surface area contributed by atoms with Crippen molar-refractivity contribution in [2.75, 3.05) is 6.61 Å². The van der Waals surface area contributed by atoms with Crippen LogP contribution in [0.1, 0.15) is 24.0 Å². The monoisotopic (exact) mass is 423 g/mol. The minimum Gasteiger partial charge on any atom is -0.396 e. The summed E-state index contributed by atoms with van der Waals surface area (Å²) < 4.78 is 89.7. The van der Waals surface area contributed by atoms with Crippen LogP contribution in [-0.2, 0) is 26.0 Å². The Morgan fingerprint density at radius 3 is 2.04 bits per heavy atom. The van der Waals surface area contributed by atoms with Crippen LogP contribution in [0.2, 0.25) is 0 Å². The van der Waals surface area contributed by atoms with Gasteiger partial charge in [-0.15, -0.1) is 0 Å². The fourth-order valence-electron chi connectivity index (χ4n) is 2.52. The number of hydrogen-bond acceptors (Lipinski definition) is 5. The van der Waals surface area contributed by atoms with Crippen molar-refractivity contribution in [3.8, 4) is 0 Å². The van der Waals surface area contributed by atoms with Gasteiger partial charge in [-0.05, 0) is 29.8 Å². The van der Waals surface area contributed by atoms with E-state index in [2.05, 4.69) is 0 Å². The third-order valence-electron chi connectivity index (χ3n) is 3.86. The lowest BCUT2D eigenvalue weighted by atomic mass is 9.96. The number of benzene rings is 2. The van der Waals surface area contributed by atoms with Crippen molar-refractivity contribution >= 4 is 19.9 Å². The lowest BCUT2D eigenvalue weighted by Gasteiger charge is -2.21. The molecule has 2 rings (SSSR count). The molecule has 0 saturated heterocycles. The summed E-state index contributed by atoms with van der Waals surface area (Å²) in [5, 5.41) is 14.2. The predicted octanol–water partition coefficient (Wildman–Crippen LogP) is 2.28. The number of sulfonamides is 1. The molecular formula is C16H16F3NO5S2. The van der Waals surface area contributed by atoms with Gasteiger partial charge in [0.1, 0.15) is 0 Å². The molecule has 0 aromatic heterocycles. The highest BCUT2D eigenvalue weighted by Gasteiger charge is 2.41. The first-order chi connectivity index (χ1) is 12.3. The zero-order valence-corrected chi connectivity index (χ0v) is 15.6. The smallest absolute Gasteiger partial charge is 0.396 e. The molecule has 0 fully saturated rings. The van der Waals surface area contributed by atoms with Gasteiger partial charge >= 0.3 is 6.18 Å². The molecule has 0 saturated carbocycles. The van der Waals surface area contributed by atoms with Crippen molar-refractivity contribution in [3.05, 3.63) is 53.6 Å². The Bertz CT molecular complexity index is 1050. The van der Waals surface area contributed by atoms with Crippen LogP contribution in [0.25, 0.3) is 0 Å². The highest BCUT2D eigenvalue weighted by atomic mass is 32.2. The van der Waals surface area contributed by atoms with E-state index in [1.165, 1.54) is 31.2 Å². The van der Waals surface area contributed by atoms with E-state index in [9.17, 15) is 35.1 Å². The van der Waals surface area contributed by atoms with Crippen molar-refractivity contribution < 1.29 is 35.1 Å². The van der Waals surface area contributed by atoms with Gasteiger partial charge < -0.3 is 5.11 Å². The predicted molar refractivity (Wildman–Crippen MR) is 90.2 cm³/mol. The fourth-order valence-corrected chi connectivity index (χ4v) is 4.74. The van der Waals surface area contributed by atoms with Gasteiger partial charge in [0.15, 0.2) is 0 Å². The number of alkyl halides is 3. The van der Waals surface area contributed by atoms with Crippen molar-refractivity contribution in [1.29, 1.82) is 0 Å². The first-order valence-electron chi connectivity index (χ1n) is 7.49. The maximum Gasteiger partial charge on any atom is 0.418 e. The Morgan fingerprint density at radius 1 is 1.04 bits per heavy atom. The zero-order chi connectivity index (χ0) is 20.6. The standard InChI is InChI=1S/C16H16F3NO5S2/c1-10(9-21)13-7-12(26(22,23)11-5-3-2-4-6-11)8-14(27(20,24)25)15(13)16(17,18)19/h2-8,10,21H,9H2,1H3,(H2,20,24,25)/t10-/m1/s1. The second-order valence-electron chi connectivity index (χ2n) is 5.83. The maximum atomic E-state index is 13.5. The number of halogens is 3. The molecule has 0 radical (unpaired) electrons. The van der Waals surface area contributed by atoms with Gasteiger partial charge in [0.05, 0.1) is 20.2 Å². The number of aliphatic hydroxyl groups is 1. The average molecular weight is 423 g/mol. The van der Waals surface area contributed by atoms with Gasteiger partial charge in [0, 0.05) is 12.5 Å². The number of hydrogen-bond donors (Lipinski definition) is 2. The summed E-state index contributed by atoms with van der Waals surface area (Å²) in [6, 6.07) is 7.93. The topological polar surface area (TPSA) is 115 Å². The molecule has 0 aliphatic rings. The largest absolute Gasteiger partial charge is 0.418 e. The van der Waals surface area contributed by atoms with Crippen LogP contribution in [0.5, 0.6) is 0 Å². The Balaban J connectivity index is 2.95.